The summed E-state index contributed by atoms with van der Waals surface area (Å²) in [5.41, 5.74) is 8.90. The standard InChI is InChI=1S/C59H62BF13N2O2.C2H6O.C2H4/c1-34(48-44(35-14-22-39(23-15-35)50(2,3)4)30-46(74-48)37-18-26-41(27-19-37)52(8,9)10)49-45(36-16-24-40(25-17-36)51(5,6)7)31-47(38-20-28-42(29-21-38)53(11,12)13)75(49)60-76-33-43(77-60)32-54(61,62)55(63,64)56(65,66)57(67,68)58(69,70)59(71,72)73;1-3-2;1-2/h14-31,43H,32-33H2,1-13H3;1-2H3;1-2H2/b48-34-;;. The fraction of sp³-hybridized carbons (Fsp3) is 0.444. The highest BCUT2D eigenvalue weighted by Gasteiger charge is 2.90. The number of methoxy groups -OCH3 is 1. The Labute approximate surface area is 473 Å². The minimum atomic E-state index is -8.04. The summed E-state index contributed by atoms with van der Waals surface area (Å²) in [7, 11) is 1.37. The van der Waals surface area contributed by atoms with E-state index in [4.69, 9.17) is 14.3 Å². The average Bonchev–Trinajstić information content (AvgIpc) is 4.16. The summed E-state index contributed by atoms with van der Waals surface area (Å²) in [6.07, 6.45) is -10.5. The monoisotopic (exact) mass is 1160 g/mol. The number of rotatable bonds is 12. The van der Waals surface area contributed by atoms with Gasteiger partial charge in [-0.05, 0) is 85.2 Å². The van der Waals surface area contributed by atoms with Gasteiger partial charge in [0.05, 0.1) is 24.1 Å². The minimum Gasteiger partial charge on any atom is -0.389 e. The Morgan fingerprint density at radius 1 is 0.549 bits per heavy atom. The number of hydrogen-bond donors (Lipinski definition) is 0. The number of alkyl halides is 13. The molecule has 1 saturated heterocycles. The van der Waals surface area contributed by atoms with Crippen molar-refractivity contribution in [2.75, 3.05) is 20.8 Å². The first-order valence-corrected chi connectivity index (χ1v) is 26.3. The molecule has 82 heavy (non-hydrogen) atoms. The van der Waals surface area contributed by atoms with Gasteiger partial charge in [-0.15, -0.1) is 13.2 Å². The highest BCUT2D eigenvalue weighted by molar-refractivity contribution is 6.45. The number of aliphatic imine (C=N–C) groups is 1. The zero-order valence-electron chi connectivity index (χ0n) is 48.9. The molecule has 3 heterocycles. The van der Waals surface area contributed by atoms with Gasteiger partial charge in [-0.25, -0.2) is 4.99 Å². The Morgan fingerprint density at radius 3 is 1.30 bits per heavy atom. The maximum atomic E-state index is 15.6. The molecule has 1 unspecified atom stereocenters. The molecule has 0 bridgehead atoms. The van der Waals surface area contributed by atoms with E-state index in [0.717, 1.165) is 33.4 Å². The van der Waals surface area contributed by atoms with E-state index in [2.05, 4.69) is 59.4 Å². The molecule has 0 radical (unpaired) electrons. The predicted molar refractivity (Wildman–Crippen MR) is 302 cm³/mol. The Hall–Kier alpha value is -5.92. The fourth-order valence-electron chi connectivity index (χ4n) is 9.23. The highest BCUT2D eigenvalue weighted by atomic mass is 19.4. The molecular weight excluding hydrogens is 1090 g/mol. The number of nitrogens with zero attached hydrogens (tertiary/aromatic N) is 2. The van der Waals surface area contributed by atoms with Crippen molar-refractivity contribution in [1.29, 1.82) is 0 Å². The lowest BCUT2D eigenvalue weighted by Crippen LogP contribution is -2.70. The molecule has 446 valence electrons. The average molecular weight is 1160 g/mol. The third-order valence-corrected chi connectivity index (χ3v) is 14.2. The molecule has 0 amide bonds. The van der Waals surface area contributed by atoms with Crippen molar-refractivity contribution in [1.82, 2.24) is 4.48 Å². The summed E-state index contributed by atoms with van der Waals surface area (Å²) in [6, 6.07) is 32.5. The summed E-state index contributed by atoms with van der Waals surface area (Å²) in [5.74, 6) is -37.7. The van der Waals surface area contributed by atoms with E-state index in [1.54, 1.807) is 39.3 Å². The number of aromatic nitrogens is 1. The van der Waals surface area contributed by atoms with Gasteiger partial charge in [0.15, 0.2) is 0 Å². The van der Waals surface area contributed by atoms with Crippen LogP contribution in [0.3, 0.4) is 0 Å². The van der Waals surface area contributed by atoms with Crippen LogP contribution in [0.15, 0.2) is 133 Å². The van der Waals surface area contributed by atoms with Crippen LogP contribution in [-0.2, 0) is 35.7 Å². The Balaban J connectivity index is 0.00000238. The number of benzene rings is 4. The Bertz CT molecular complexity index is 3110. The minimum absolute atomic E-state index is 0.167. The van der Waals surface area contributed by atoms with Gasteiger partial charge in [-0.3, -0.25) is 0 Å². The molecule has 7 rings (SSSR count). The van der Waals surface area contributed by atoms with Crippen LogP contribution in [0.2, 0.25) is 0 Å². The maximum absolute atomic E-state index is 15.6. The van der Waals surface area contributed by atoms with Gasteiger partial charge >= 0.3 is 43.0 Å². The van der Waals surface area contributed by atoms with Crippen LogP contribution >= 0.6 is 0 Å². The Morgan fingerprint density at radius 2 is 0.915 bits per heavy atom. The zero-order chi connectivity index (χ0) is 62.4. The summed E-state index contributed by atoms with van der Waals surface area (Å²) < 4.78 is 204. The van der Waals surface area contributed by atoms with E-state index in [0.29, 0.717) is 50.6 Å². The summed E-state index contributed by atoms with van der Waals surface area (Å²) in [6.45, 7) is 31.2. The van der Waals surface area contributed by atoms with E-state index in [-0.39, 0.29) is 21.7 Å². The lowest BCUT2D eigenvalue weighted by atomic mass is 9.85. The summed E-state index contributed by atoms with van der Waals surface area (Å²) in [4.78, 5) is 5.26. The molecule has 0 saturated carbocycles. The molecule has 19 heteroatoms. The van der Waals surface area contributed by atoms with Gasteiger partial charge in [0.25, 0.3) is 0 Å². The van der Waals surface area contributed by atoms with Crippen LogP contribution in [0.1, 0.15) is 136 Å². The maximum Gasteiger partial charge on any atom is 0.598 e. The van der Waals surface area contributed by atoms with E-state index < -0.39 is 62.2 Å². The van der Waals surface area contributed by atoms with Crippen LogP contribution in [0.5, 0.6) is 0 Å². The van der Waals surface area contributed by atoms with Crippen molar-refractivity contribution in [2.45, 2.75) is 160 Å². The number of halogens is 13. The molecule has 1 aromatic heterocycles. The van der Waals surface area contributed by atoms with Gasteiger partial charge in [-0.2, -0.15) is 57.1 Å². The van der Waals surface area contributed by atoms with Gasteiger partial charge in [0.1, 0.15) is 0 Å². The smallest absolute Gasteiger partial charge is 0.389 e. The second-order valence-corrected chi connectivity index (χ2v) is 24.5. The van der Waals surface area contributed by atoms with Crippen LogP contribution in [0.25, 0.3) is 33.5 Å². The normalized spacial score (nSPS) is 16.7. The molecule has 4 aromatic carbocycles. The SMILES string of the molecule is C/C(=C1/N=C(c2ccc(C(C)(C)C)cc2)C=C1c1ccc(C(C)(C)C)cc1)c1c(-c2ccc(C(C)(C)C)cc2)cc(-c2ccc(C(C)(C)C)cc2)n1B1OCC(CC(F)(F)C(F)(F)C(F)(F)C(F)(F)C(F)(F)C(F)(F)F)O1.C=C.COC. The van der Waals surface area contributed by atoms with Crippen LogP contribution < -0.4 is 0 Å². The van der Waals surface area contributed by atoms with Crippen molar-refractivity contribution >= 4 is 24.1 Å². The number of ether oxygens (including phenoxy) is 1. The van der Waals surface area contributed by atoms with Crippen LogP contribution in [0, 0.1) is 0 Å². The number of hydrogen-bond acceptors (Lipinski definition) is 4. The molecule has 5 nitrogen and oxygen atoms in total. The van der Waals surface area contributed by atoms with Crippen molar-refractivity contribution in [3.05, 3.63) is 167 Å². The van der Waals surface area contributed by atoms with Gasteiger partial charge < -0.3 is 18.5 Å². The second-order valence-electron chi connectivity index (χ2n) is 24.5. The molecule has 5 aromatic rings. The molecule has 0 spiro atoms. The lowest BCUT2D eigenvalue weighted by molar-refractivity contribution is -0.440. The molecule has 2 aliphatic rings. The van der Waals surface area contributed by atoms with E-state index >= 15 is 17.6 Å². The first-order valence-electron chi connectivity index (χ1n) is 26.3. The van der Waals surface area contributed by atoms with Gasteiger partial charge in [-0.1, -0.05) is 180 Å². The second kappa shape index (κ2) is 23.6. The van der Waals surface area contributed by atoms with E-state index in [1.807, 2.05) is 133 Å². The number of allylic oxidation sites excluding steroid dienone is 3. The molecular formula is C63H72BF13N2O3. The highest BCUT2D eigenvalue weighted by Crippen LogP contribution is 2.61. The van der Waals surface area contributed by atoms with Crippen molar-refractivity contribution < 1.29 is 71.1 Å². The van der Waals surface area contributed by atoms with Crippen molar-refractivity contribution in [2.24, 2.45) is 4.99 Å². The van der Waals surface area contributed by atoms with Crippen LogP contribution in [0.4, 0.5) is 57.1 Å². The Kier molecular flexibility index (Phi) is 19.3. The third-order valence-electron chi connectivity index (χ3n) is 14.2. The quantitative estimate of drug-likeness (QED) is 0.0710. The molecule has 1 atom stereocenters. The van der Waals surface area contributed by atoms with Gasteiger partial charge in [0, 0.05) is 48.7 Å². The molecule has 2 aliphatic heterocycles. The lowest BCUT2D eigenvalue weighted by Gasteiger charge is -2.40. The molecule has 0 N–H and O–H groups in total. The third kappa shape index (κ3) is 13.2. The summed E-state index contributed by atoms with van der Waals surface area (Å²) in [5, 5.41) is 0. The first kappa shape index (κ1) is 66.9. The first-order chi connectivity index (χ1) is 37.4. The largest absolute Gasteiger partial charge is 0.598 e. The van der Waals surface area contributed by atoms with Gasteiger partial charge in [0.2, 0.25) is 0 Å². The summed E-state index contributed by atoms with van der Waals surface area (Å²) >= 11 is 0. The zero-order valence-corrected chi connectivity index (χ0v) is 48.9. The predicted octanol–water partition coefficient (Wildman–Crippen LogP) is 18.8. The van der Waals surface area contributed by atoms with Crippen LogP contribution in [-0.4, -0.2) is 80.2 Å². The molecule has 0 aliphatic carbocycles. The molecule has 1 fully saturated rings. The van der Waals surface area contributed by atoms with Crippen molar-refractivity contribution in [3.63, 3.8) is 0 Å². The van der Waals surface area contributed by atoms with Crippen molar-refractivity contribution in [3.8, 4) is 22.4 Å². The topological polar surface area (TPSA) is 45.0 Å². The van der Waals surface area contributed by atoms with E-state index in [9.17, 15) is 39.5 Å². The van der Waals surface area contributed by atoms with E-state index in [1.165, 1.54) is 4.48 Å². The fourth-order valence-corrected chi connectivity index (χ4v) is 9.23.